The summed E-state index contributed by atoms with van der Waals surface area (Å²) in [4.78, 5) is 0. The third-order valence-corrected chi connectivity index (χ3v) is 3.95. The van der Waals surface area contributed by atoms with Crippen LogP contribution in [0.15, 0.2) is 35.1 Å². The fourth-order valence-corrected chi connectivity index (χ4v) is 2.70. The number of hydrogen-bond acceptors (Lipinski definition) is 2. The second-order valence-electron chi connectivity index (χ2n) is 4.29. The molecular formula is C14H17BrClN3. The van der Waals surface area contributed by atoms with Gasteiger partial charge in [0.1, 0.15) is 0 Å². The topological polar surface area (TPSA) is 29.9 Å². The summed E-state index contributed by atoms with van der Waals surface area (Å²) in [6.45, 7) is 5.92. The lowest BCUT2D eigenvalue weighted by atomic mass is 10.0. The minimum absolute atomic E-state index is 0.0957. The fourth-order valence-electron chi connectivity index (χ4n) is 2.05. The van der Waals surface area contributed by atoms with E-state index in [4.69, 9.17) is 11.6 Å². The highest BCUT2D eigenvalue weighted by Crippen LogP contribution is 2.30. The van der Waals surface area contributed by atoms with Crippen molar-refractivity contribution in [2.75, 3.05) is 6.54 Å². The predicted molar refractivity (Wildman–Crippen MR) is 82.6 cm³/mol. The molecule has 0 aliphatic carbocycles. The van der Waals surface area contributed by atoms with Crippen LogP contribution in [-0.4, -0.2) is 16.3 Å². The van der Waals surface area contributed by atoms with Gasteiger partial charge in [-0.25, -0.2) is 0 Å². The standard InChI is InChI=1S/C14H17BrClN3/c1-3-17-14(10-8-18-19(4-2)9-10)12-7-11(16)5-6-13(12)15/h5-9,14,17H,3-4H2,1-2H3. The lowest BCUT2D eigenvalue weighted by molar-refractivity contribution is 0.623. The number of aromatic nitrogens is 2. The van der Waals surface area contributed by atoms with Gasteiger partial charge in [0.15, 0.2) is 0 Å². The van der Waals surface area contributed by atoms with Crippen molar-refractivity contribution in [3.8, 4) is 0 Å². The molecule has 1 heterocycles. The zero-order chi connectivity index (χ0) is 13.8. The van der Waals surface area contributed by atoms with Gasteiger partial charge in [-0.3, -0.25) is 4.68 Å². The Hall–Kier alpha value is -0.840. The second-order valence-corrected chi connectivity index (χ2v) is 5.58. The van der Waals surface area contributed by atoms with Gasteiger partial charge in [0.2, 0.25) is 0 Å². The molecule has 0 saturated heterocycles. The average Bonchev–Trinajstić information content (AvgIpc) is 2.88. The molecule has 0 amide bonds. The molecule has 102 valence electrons. The number of aryl methyl sites for hydroxylation is 1. The predicted octanol–water partition coefficient (Wildman–Crippen LogP) is 4.02. The minimum Gasteiger partial charge on any atom is -0.306 e. The average molecular weight is 343 g/mol. The summed E-state index contributed by atoms with van der Waals surface area (Å²) in [6, 6.07) is 5.95. The summed E-state index contributed by atoms with van der Waals surface area (Å²) in [6.07, 6.45) is 3.98. The fraction of sp³-hybridized carbons (Fsp3) is 0.357. The van der Waals surface area contributed by atoms with Crippen molar-refractivity contribution in [3.63, 3.8) is 0 Å². The number of nitrogens with one attached hydrogen (secondary N) is 1. The second kappa shape index (κ2) is 6.55. The first-order valence-electron chi connectivity index (χ1n) is 6.36. The van der Waals surface area contributed by atoms with E-state index in [1.807, 2.05) is 29.1 Å². The molecule has 1 aromatic carbocycles. The molecule has 1 atom stereocenters. The van der Waals surface area contributed by atoms with Gasteiger partial charge in [0.25, 0.3) is 0 Å². The molecule has 0 saturated carbocycles. The number of benzene rings is 1. The highest BCUT2D eigenvalue weighted by atomic mass is 79.9. The third-order valence-electron chi connectivity index (χ3n) is 2.99. The summed E-state index contributed by atoms with van der Waals surface area (Å²) in [5.74, 6) is 0. The number of hydrogen-bond donors (Lipinski definition) is 1. The Kier molecular flexibility index (Phi) is 5.02. The minimum atomic E-state index is 0.0957. The SMILES string of the molecule is CCNC(c1cnn(CC)c1)c1cc(Cl)ccc1Br. The number of halogens is 2. The van der Waals surface area contributed by atoms with Crippen LogP contribution in [0.1, 0.15) is 31.0 Å². The largest absolute Gasteiger partial charge is 0.306 e. The Labute approximate surface area is 127 Å². The van der Waals surface area contributed by atoms with Crippen LogP contribution >= 0.6 is 27.5 Å². The van der Waals surface area contributed by atoms with Crippen LogP contribution in [0.5, 0.6) is 0 Å². The van der Waals surface area contributed by atoms with Crippen molar-refractivity contribution >= 4 is 27.5 Å². The molecule has 0 radical (unpaired) electrons. The normalized spacial score (nSPS) is 12.6. The van der Waals surface area contributed by atoms with E-state index >= 15 is 0 Å². The Morgan fingerprint density at radius 3 is 2.84 bits per heavy atom. The van der Waals surface area contributed by atoms with Crippen molar-refractivity contribution in [2.24, 2.45) is 0 Å². The van der Waals surface area contributed by atoms with Gasteiger partial charge in [-0.05, 0) is 37.2 Å². The summed E-state index contributed by atoms with van der Waals surface area (Å²) < 4.78 is 2.98. The van der Waals surface area contributed by atoms with E-state index in [9.17, 15) is 0 Å². The van der Waals surface area contributed by atoms with E-state index in [1.54, 1.807) is 0 Å². The molecule has 1 aromatic heterocycles. The van der Waals surface area contributed by atoms with E-state index in [0.29, 0.717) is 0 Å². The molecule has 1 unspecified atom stereocenters. The van der Waals surface area contributed by atoms with Crippen molar-refractivity contribution in [1.82, 2.24) is 15.1 Å². The Morgan fingerprint density at radius 1 is 1.42 bits per heavy atom. The third kappa shape index (κ3) is 3.38. The first-order chi connectivity index (χ1) is 9.15. The van der Waals surface area contributed by atoms with Crippen LogP contribution in [-0.2, 0) is 6.54 Å². The van der Waals surface area contributed by atoms with Crippen molar-refractivity contribution in [3.05, 3.63) is 51.2 Å². The van der Waals surface area contributed by atoms with E-state index in [-0.39, 0.29) is 6.04 Å². The van der Waals surface area contributed by atoms with Crippen LogP contribution in [0.4, 0.5) is 0 Å². The highest BCUT2D eigenvalue weighted by Gasteiger charge is 2.17. The first-order valence-corrected chi connectivity index (χ1v) is 7.53. The van der Waals surface area contributed by atoms with Crippen LogP contribution in [0.25, 0.3) is 0 Å². The summed E-state index contributed by atoms with van der Waals surface area (Å²) in [5.41, 5.74) is 2.27. The monoisotopic (exact) mass is 341 g/mol. The van der Waals surface area contributed by atoms with E-state index in [1.165, 1.54) is 0 Å². The molecular weight excluding hydrogens is 326 g/mol. The maximum atomic E-state index is 6.11. The smallest absolute Gasteiger partial charge is 0.0619 e. The molecule has 0 aliphatic rings. The van der Waals surface area contributed by atoms with Crippen molar-refractivity contribution < 1.29 is 0 Å². The molecule has 0 bridgehead atoms. The lowest BCUT2D eigenvalue weighted by Gasteiger charge is -2.18. The summed E-state index contributed by atoms with van der Waals surface area (Å²) >= 11 is 9.71. The maximum absolute atomic E-state index is 6.11. The zero-order valence-electron chi connectivity index (χ0n) is 11.0. The quantitative estimate of drug-likeness (QED) is 0.889. The van der Waals surface area contributed by atoms with Gasteiger partial charge in [-0.15, -0.1) is 0 Å². The van der Waals surface area contributed by atoms with Crippen LogP contribution < -0.4 is 5.32 Å². The van der Waals surface area contributed by atoms with Crippen LogP contribution in [0.2, 0.25) is 5.02 Å². The van der Waals surface area contributed by atoms with Crippen LogP contribution in [0.3, 0.4) is 0 Å². The lowest BCUT2D eigenvalue weighted by Crippen LogP contribution is -2.22. The molecule has 3 nitrogen and oxygen atoms in total. The van der Waals surface area contributed by atoms with Gasteiger partial charge >= 0.3 is 0 Å². The molecule has 0 fully saturated rings. The molecule has 2 rings (SSSR count). The molecule has 19 heavy (non-hydrogen) atoms. The molecule has 1 N–H and O–H groups in total. The summed E-state index contributed by atoms with van der Waals surface area (Å²) in [7, 11) is 0. The van der Waals surface area contributed by atoms with Gasteiger partial charge < -0.3 is 5.32 Å². The van der Waals surface area contributed by atoms with Gasteiger partial charge in [-0.1, -0.05) is 34.5 Å². The molecule has 2 aromatic rings. The number of rotatable bonds is 5. The Balaban J connectivity index is 2.41. The van der Waals surface area contributed by atoms with Gasteiger partial charge in [0.05, 0.1) is 12.2 Å². The highest BCUT2D eigenvalue weighted by molar-refractivity contribution is 9.10. The summed E-state index contributed by atoms with van der Waals surface area (Å²) in [5, 5.41) is 8.56. The Morgan fingerprint density at radius 2 is 2.21 bits per heavy atom. The molecule has 0 spiro atoms. The van der Waals surface area contributed by atoms with Crippen molar-refractivity contribution in [2.45, 2.75) is 26.4 Å². The van der Waals surface area contributed by atoms with E-state index < -0.39 is 0 Å². The van der Waals surface area contributed by atoms with Crippen molar-refractivity contribution in [1.29, 1.82) is 0 Å². The van der Waals surface area contributed by atoms with Gasteiger partial charge in [0, 0.05) is 27.8 Å². The number of nitrogens with zero attached hydrogens (tertiary/aromatic N) is 2. The zero-order valence-corrected chi connectivity index (χ0v) is 13.4. The van der Waals surface area contributed by atoms with E-state index in [0.717, 1.165) is 33.7 Å². The maximum Gasteiger partial charge on any atom is 0.0619 e. The van der Waals surface area contributed by atoms with Gasteiger partial charge in [-0.2, -0.15) is 5.10 Å². The van der Waals surface area contributed by atoms with Crippen LogP contribution in [0, 0.1) is 0 Å². The van der Waals surface area contributed by atoms with E-state index in [2.05, 4.69) is 46.4 Å². The molecule has 5 heteroatoms. The first kappa shape index (κ1) is 14.6. The Bertz CT molecular complexity index is 553. The molecule has 0 aliphatic heterocycles.